The van der Waals surface area contributed by atoms with E-state index in [0.29, 0.717) is 24.3 Å². The molecular weight excluding hydrogens is 450 g/mol. The lowest BCUT2D eigenvalue weighted by molar-refractivity contribution is 0.185. The Kier molecular flexibility index (Phi) is 7.39. The summed E-state index contributed by atoms with van der Waals surface area (Å²) >= 11 is 0. The molecule has 1 aliphatic rings. The first-order chi connectivity index (χ1) is 17.6. The summed E-state index contributed by atoms with van der Waals surface area (Å²) in [5, 5.41) is 18.8. The number of rotatable bonds is 8. The number of benzene rings is 2. The van der Waals surface area contributed by atoms with Gasteiger partial charge in [-0.3, -0.25) is 0 Å². The van der Waals surface area contributed by atoms with Crippen molar-refractivity contribution in [3.8, 4) is 22.9 Å². The van der Waals surface area contributed by atoms with Crippen LogP contribution in [-0.2, 0) is 6.42 Å². The summed E-state index contributed by atoms with van der Waals surface area (Å²) in [6.45, 7) is 5.84. The van der Waals surface area contributed by atoms with Crippen LogP contribution in [0.5, 0.6) is 11.6 Å². The molecule has 0 aliphatic carbocycles. The van der Waals surface area contributed by atoms with E-state index in [1.54, 1.807) is 12.4 Å². The van der Waals surface area contributed by atoms with E-state index in [1.807, 2.05) is 38.1 Å². The lowest BCUT2D eigenvalue weighted by Crippen LogP contribution is -2.38. The third kappa shape index (κ3) is 5.48. The SMILES string of the molecule is Cc1ccc2c(CC[C@@H](C)O)cccc2c1Oc1ncccc1-c1ccnc(N[C@H]2CCCNC2)n1. The summed E-state index contributed by atoms with van der Waals surface area (Å²) in [6.07, 6.45) is 6.94. The number of ether oxygens (including phenoxy) is 1. The van der Waals surface area contributed by atoms with E-state index < -0.39 is 0 Å². The molecule has 5 rings (SSSR count). The minimum Gasteiger partial charge on any atom is -0.437 e. The van der Waals surface area contributed by atoms with E-state index in [-0.39, 0.29) is 6.10 Å². The molecule has 3 heterocycles. The lowest BCUT2D eigenvalue weighted by atomic mass is 9.97. The number of nitrogens with zero attached hydrogens (tertiary/aromatic N) is 3. The van der Waals surface area contributed by atoms with Crippen LogP contribution in [0.25, 0.3) is 22.0 Å². The van der Waals surface area contributed by atoms with Crippen LogP contribution in [0.2, 0.25) is 0 Å². The number of aliphatic hydroxyl groups is 1. The first-order valence-corrected chi connectivity index (χ1v) is 12.7. The van der Waals surface area contributed by atoms with Gasteiger partial charge in [-0.25, -0.2) is 15.0 Å². The van der Waals surface area contributed by atoms with Crippen molar-refractivity contribution in [1.29, 1.82) is 0 Å². The molecule has 1 saturated heterocycles. The second-order valence-corrected chi connectivity index (χ2v) is 9.52. The molecule has 0 saturated carbocycles. The lowest BCUT2D eigenvalue weighted by Gasteiger charge is -2.23. The molecule has 2 atom stereocenters. The molecule has 4 aromatic rings. The Morgan fingerprint density at radius 3 is 2.83 bits per heavy atom. The zero-order chi connectivity index (χ0) is 24.9. The molecule has 3 N–H and O–H groups in total. The zero-order valence-electron chi connectivity index (χ0n) is 20.9. The highest BCUT2D eigenvalue weighted by atomic mass is 16.5. The van der Waals surface area contributed by atoms with E-state index in [1.165, 1.54) is 5.56 Å². The summed E-state index contributed by atoms with van der Waals surface area (Å²) in [7, 11) is 0. The van der Waals surface area contributed by atoms with Crippen LogP contribution >= 0.6 is 0 Å². The average molecular weight is 484 g/mol. The van der Waals surface area contributed by atoms with E-state index in [4.69, 9.17) is 9.72 Å². The maximum Gasteiger partial charge on any atom is 0.228 e. The van der Waals surface area contributed by atoms with Crippen molar-refractivity contribution in [2.24, 2.45) is 0 Å². The van der Waals surface area contributed by atoms with Gasteiger partial charge in [0.15, 0.2) is 0 Å². The Morgan fingerprint density at radius 1 is 1.08 bits per heavy atom. The van der Waals surface area contributed by atoms with Gasteiger partial charge in [0, 0.05) is 30.4 Å². The number of aryl methyl sites for hydroxylation is 2. The van der Waals surface area contributed by atoms with Gasteiger partial charge < -0.3 is 20.5 Å². The molecule has 0 bridgehead atoms. The highest BCUT2D eigenvalue weighted by molar-refractivity contribution is 5.92. The fourth-order valence-electron chi connectivity index (χ4n) is 4.72. The van der Waals surface area contributed by atoms with Crippen LogP contribution in [0.15, 0.2) is 60.9 Å². The van der Waals surface area contributed by atoms with Crippen molar-refractivity contribution in [2.45, 2.75) is 51.7 Å². The fourth-order valence-corrected chi connectivity index (χ4v) is 4.72. The highest BCUT2D eigenvalue weighted by Gasteiger charge is 2.17. The van der Waals surface area contributed by atoms with Crippen molar-refractivity contribution < 1.29 is 9.84 Å². The topological polar surface area (TPSA) is 92.2 Å². The van der Waals surface area contributed by atoms with Crippen molar-refractivity contribution in [1.82, 2.24) is 20.3 Å². The Labute approximate surface area is 212 Å². The predicted molar refractivity (Wildman–Crippen MR) is 144 cm³/mol. The third-order valence-corrected chi connectivity index (χ3v) is 6.66. The molecule has 2 aromatic heterocycles. The van der Waals surface area contributed by atoms with Crippen LogP contribution in [0, 0.1) is 6.92 Å². The largest absolute Gasteiger partial charge is 0.437 e. The number of pyridine rings is 1. The van der Waals surface area contributed by atoms with Crippen molar-refractivity contribution in [3.63, 3.8) is 0 Å². The van der Waals surface area contributed by atoms with Gasteiger partial charge >= 0.3 is 0 Å². The van der Waals surface area contributed by atoms with Gasteiger partial charge in [-0.15, -0.1) is 0 Å². The number of piperidine rings is 1. The Hall–Kier alpha value is -3.55. The molecule has 7 heteroatoms. The van der Waals surface area contributed by atoms with E-state index in [2.05, 4.69) is 44.9 Å². The Bertz CT molecular complexity index is 1330. The van der Waals surface area contributed by atoms with E-state index in [0.717, 1.165) is 65.7 Å². The summed E-state index contributed by atoms with van der Waals surface area (Å²) < 4.78 is 6.53. The van der Waals surface area contributed by atoms with E-state index >= 15 is 0 Å². The summed E-state index contributed by atoms with van der Waals surface area (Å²) in [6, 6.07) is 16.5. The Balaban J connectivity index is 1.47. The number of aliphatic hydroxyl groups excluding tert-OH is 1. The molecule has 0 unspecified atom stereocenters. The number of aromatic nitrogens is 3. The fraction of sp³-hybridized carbons (Fsp3) is 0.345. The average Bonchev–Trinajstić information content (AvgIpc) is 2.90. The maximum absolute atomic E-state index is 9.78. The van der Waals surface area contributed by atoms with Crippen LogP contribution in [0.3, 0.4) is 0 Å². The van der Waals surface area contributed by atoms with Crippen LogP contribution in [0.4, 0.5) is 5.95 Å². The van der Waals surface area contributed by atoms with Gasteiger partial charge in [-0.05, 0) is 80.8 Å². The monoisotopic (exact) mass is 483 g/mol. The highest BCUT2D eigenvalue weighted by Crippen LogP contribution is 2.37. The van der Waals surface area contributed by atoms with Crippen molar-refractivity contribution in [3.05, 3.63) is 72.1 Å². The molecule has 0 amide bonds. The second-order valence-electron chi connectivity index (χ2n) is 9.52. The van der Waals surface area contributed by atoms with Gasteiger partial charge in [-0.2, -0.15) is 0 Å². The minimum absolute atomic E-state index is 0.319. The first kappa shape index (κ1) is 24.2. The first-order valence-electron chi connectivity index (χ1n) is 12.7. The smallest absolute Gasteiger partial charge is 0.228 e. The second kappa shape index (κ2) is 11.0. The molecule has 0 spiro atoms. The molecular formula is C29H33N5O2. The summed E-state index contributed by atoms with van der Waals surface area (Å²) in [5.41, 5.74) is 3.80. The predicted octanol–water partition coefficient (Wildman–Crippen LogP) is 5.27. The number of hydrogen-bond donors (Lipinski definition) is 3. The molecule has 1 fully saturated rings. The van der Waals surface area contributed by atoms with Crippen LogP contribution in [-0.4, -0.2) is 45.3 Å². The van der Waals surface area contributed by atoms with Gasteiger partial charge in [0.25, 0.3) is 0 Å². The van der Waals surface area contributed by atoms with Crippen molar-refractivity contribution >= 4 is 16.7 Å². The van der Waals surface area contributed by atoms with Gasteiger partial charge in [0.1, 0.15) is 5.75 Å². The standard InChI is InChI=1S/C29H33N5O2/c1-19-10-13-23-21(12-11-20(2)35)6-3-8-24(23)27(19)36-28-25(9-5-16-31-28)26-14-17-32-29(34-26)33-22-7-4-15-30-18-22/h3,5-6,8-10,13-14,16-17,20,22,30,35H,4,7,11-12,15,18H2,1-2H3,(H,32,33,34)/t20-,22+/m1/s1. The number of nitrogens with one attached hydrogen (secondary N) is 2. The maximum atomic E-state index is 9.78. The molecule has 186 valence electrons. The van der Waals surface area contributed by atoms with Gasteiger partial charge in [-0.1, -0.05) is 30.3 Å². The molecule has 7 nitrogen and oxygen atoms in total. The minimum atomic E-state index is -0.334. The van der Waals surface area contributed by atoms with Crippen LogP contribution in [0.1, 0.15) is 37.3 Å². The number of hydrogen-bond acceptors (Lipinski definition) is 7. The van der Waals surface area contributed by atoms with Gasteiger partial charge in [0.05, 0.1) is 17.4 Å². The third-order valence-electron chi connectivity index (χ3n) is 6.66. The molecule has 2 aromatic carbocycles. The van der Waals surface area contributed by atoms with Crippen molar-refractivity contribution in [2.75, 3.05) is 18.4 Å². The summed E-state index contributed by atoms with van der Waals surface area (Å²) in [4.78, 5) is 13.8. The van der Waals surface area contributed by atoms with Gasteiger partial charge in [0.2, 0.25) is 11.8 Å². The number of fused-ring (bicyclic) bond motifs is 1. The number of anilines is 1. The summed E-state index contributed by atoms with van der Waals surface area (Å²) in [5.74, 6) is 1.90. The molecule has 1 aliphatic heterocycles. The Morgan fingerprint density at radius 2 is 2.00 bits per heavy atom. The normalized spacial score (nSPS) is 16.6. The zero-order valence-corrected chi connectivity index (χ0v) is 20.9. The molecule has 0 radical (unpaired) electrons. The molecule has 36 heavy (non-hydrogen) atoms. The van der Waals surface area contributed by atoms with Crippen LogP contribution < -0.4 is 15.4 Å². The van der Waals surface area contributed by atoms with E-state index in [9.17, 15) is 5.11 Å². The quantitative estimate of drug-likeness (QED) is 0.314.